The molecule has 2 heteroatoms. The minimum absolute atomic E-state index is 0.963. The number of benzene rings is 1. The van der Waals surface area contributed by atoms with Gasteiger partial charge in [-0.05, 0) is 36.3 Å². The van der Waals surface area contributed by atoms with Gasteiger partial charge in [-0.1, -0.05) is 22.0 Å². The summed E-state index contributed by atoms with van der Waals surface area (Å²) in [7, 11) is 0. The van der Waals surface area contributed by atoms with Gasteiger partial charge in [0.25, 0.3) is 0 Å². The van der Waals surface area contributed by atoms with Gasteiger partial charge in [0.15, 0.2) is 0 Å². The minimum Gasteiger partial charge on any atom is -0.285 e. The van der Waals surface area contributed by atoms with Gasteiger partial charge in [0.1, 0.15) is 0 Å². The number of hydrogen-bond donors (Lipinski definition) is 0. The fourth-order valence-electron chi connectivity index (χ4n) is 1.38. The van der Waals surface area contributed by atoms with E-state index in [9.17, 15) is 0 Å². The third-order valence-electron chi connectivity index (χ3n) is 2.00. The van der Waals surface area contributed by atoms with Gasteiger partial charge >= 0.3 is 0 Å². The van der Waals surface area contributed by atoms with Crippen LogP contribution in [0.4, 0.5) is 0 Å². The van der Waals surface area contributed by atoms with Crippen molar-refractivity contribution in [2.75, 3.05) is 6.54 Å². The molecule has 0 atom stereocenters. The fourth-order valence-corrected chi connectivity index (χ4v) is 1.76. The van der Waals surface area contributed by atoms with E-state index >= 15 is 0 Å². The van der Waals surface area contributed by atoms with Crippen molar-refractivity contribution in [3.05, 3.63) is 33.2 Å². The molecule has 1 nitrogen and oxygen atoms in total. The molecule has 62 valence electrons. The van der Waals surface area contributed by atoms with E-state index in [4.69, 9.17) is 0 Å². The lowest BCUT2D eigenvalue weighted by Gasteiger charge is -1.89. The Kier molecular flexibility index (Phi) is 2.26. The van der Waals surface area contributed by atoms with Crippen LogP contribution in [0.2, 0.25) is 0 Å². The highest BCUT2D eigenvalue weighted by Gasteiger charge is 1.93. The second-order valence-corrected chi connectivity index (χ2v) is 3.85. The summed E-state index contributed by atoms with van der Waals surface area (Å²) in [5, 5.41) is 2.40. The zero-order valence-electron chi connectivity index (χ0n) is 6.76. The number of hydrogen-bond acceptors (Lipinski definition) is 1. The fraction of sp³-hybridized carbons (Fsp3) is 0.300. The average Bonchev–Trinajstić information content (AvgIpc) is 2.28. The van der Waals surface area contributed by atoms with Gasteiger partial charge in [-0.25, -0.2) is 0 Å². The number of halogens is 1. The normalized spacial score (nSPS) is 15.4. The zero-order chi connectivity index (χ0) is 8.39. The van der Waals surface area contributed by atoms with Crippen LogP contribution in [0.3, 0.4) is 0 Å². The summed E-state index contributed by atoms with van der Waals surface area (Å²) in [5.74, 6) is 0. The molecule has 1 aromatic carbocycles. The Morgan fingerprint density at radius 2 is 2.25 bits per heavy atom. The molecule has 1 aliphatic rings. The van der Waals surface area contributed by atoms with Crippen molar-refractivity contribution in [3.8, 4) is 0 Å². The Morgan fingerprint density at radius 3 is 3.17 bits per heavy atom. The smallest absolute Gasteiger partial charge is 0.0644 e. The van der Waals surface area contributed by atoms with E-state index in [1.165, 1.54) is 11.6 Å². The topological polar surface area (TPSA) is 12.4 Å². The molecule has 0 amide bonds. The van der Waals surface area contributed by atoms with E-state index < -0.39 is 0 Å². The van der Waals surface area contributed by atoms with E-state index in [0.717, 1.165) is 22.8 Å². The van der Waals surface area contributed by atoms with E-state index in [-0.39, 0.29) is 0 Å². The maximum absolute atomic E-state index is 4.48. The van der Waals surface area contributed by atoms with Crippen LogP contribution in [0, 0.1) is 0 Å². The van der Waals surface area contributed by atoms with Crippen LogP contribution in [0.5, 0.6) is 0 Å². The molecule has 0 fully saturated rings. The lowest BCUT2D eigenvalue weighted by atomic mass is 10.2. The molecule has 0 bridgehead atoms. The van der Waals surface area contributed by atoms with Crippen molar-refractivity contribution in [1.82, 2.24) is 0 Å². The Balaban J connectivity index is 2.72. The highest BCUT2D eigenvalue weighted by molar-refractivity contribution is 9.10. The predicted molar refractivity (Wildman–Crippen MR) is 53.5 cm³/mol. The lowest BCUT2D eigenvalue weighted by Crippen LogP contribution is -2.23. The van der Waals surface area contributed by atoms with Crippen molar-refractivity contribution < 1.29 is 0 Å². The highest BCUT2D eigenvalue weighted by atomic mass is 79.9. The molecule has 0 aromatic heterocycles. The zero-order valence-corrected chi connectivity index (χ0v) is 8.34. The highest BCUT2D eigenvalue weighted by Crippen LogP contribution is 2.03. The molecular formula is C10H10BrN. The van der Waals surface area contributed by atoms with Crippen molar-refractivity contribution >= 4 is 22.0 Å². The third-order valence-corrected chi connectivity index (χ3v) is 2.49. The van der Waals surface area contributed by atoms with Crippen LogP contribution in [-0.4, -0.2) is 6.54 Å². The van der Waals surface area contributed by atoms with Gasteiger partial charge < -0.3 is 0 Å². The van der Waals surface area contributed by atoms with E-state index in [1.807, 2.05) is 6.07 Å². The molecule has 0 unspecified atom stereocenters. The van der Waals surface area contributed by atoms with Crippen LogP contribution in [-0.2, 0) is 0 Å². The van der Waals surface area contributed by atoms with Gasteiger partial charge in [0.2, 0.25) is 0 Å². The minimum atomic E-state index is 0.963. The van der Waals surface area contributed by atoms with E-state index in [0.29, 0.717) is 0 Å². The predicted octanol–water partition coefficient (Wildman–Crippen LogP) is 1.64. The molecular weight excluding hydrogens is 214 g/mol. The van der Waals surface area contributed by atoms with Crippen molar-refractivity contribution in [3.63, 3.8) is 0 Å². The van der Waals surface area contributed by atoms with Crippen LogP contribution in [0.1, 0.15) is 12.8 Å². The summed E-state index contributed by atoms with van der Waals surface area (Å²) in [6.45, 7) is 0.963. The Bertz CT molecular complexity index is 395. The molecule has 1 aliphatic heterocycles. The van der Waals surface area contributed by atoms with E-state index in [1.54, 1.807) is 0 Å². The summed E-state index contributed by atoms with van der Waals surface area (Å²) >= 11 is 3.45. The summed E-state index contributed by atoms with van der Waals surface area (Å²) in [6.07, 6.45) is 4.58. The molecule has 0 spiro atoms. The van der Waals surface area contributed by atoms with Crippen LogP contribution in [0.25, 0.3) is 6.08 Å². The second kappa shape index (κ2) is 3.40. The lowest BCUT2D eigenvalue weighted by molar-refractivity contribution is 0.867. The molecule has 0 aliphatic carbocycles. The molecule has 1 aromatic rings. The quantitative estimate of drug-likeness (QED) is 0.635. The first-order valence-corrected chi connectivity index (χ1v) is 4.96. The van der Waals surface area contributed by atoms with Gasteiger partial charge in [0, 0.05) is 11.0 Å². The summed E-state index contributed by atoms with van der Waals surface area (Å²) < 4.78 is 1.13. The summed E-state index contributed by atoms with van der Waals surface area (Å²) in [4.78, 5) is 4.48. The maximum Gasteiger partial charge on any atom is 0.0644 e. The summed E-state index contributed by atoms with van der Waals surface area (Å²) in [5.41, 5.74) is 0. The Morgan fingerprint density at radius 1 is 1.33 bits per heavy atom. The molecule has 1 heterocycles. The Hall–Kier alpha value is -0.630. The second-order valence-electron chi connectivity index (χ2n) is 2.93. The van der Waals surface area contributed by atoms with Crippen LogP contribution in [0.15, 0.2) is 27.7 Å². The monoisotopic (exact) mass is 223 g/mol. The van der Waals surface area contributed by atoms with Crippen LogP contribution >= 0.6 is 15.9 Å². The molecule has 12 heavy (non-hydrogen) atoms. The molecule has 0 saturated heterocycles. The number of nitrogens with zero attached hydrogens (tertiary/aromatic N) is 1. The molecule has 0 N–H and O–H groups in total. The number of fused-ring (bicyclic) bond motifs is 1. The first-order valence-electron chi connectivity index (χ1n) is 4.16. The van der Waals surface area contributed by atoms with Crippen molar-refractivity contribution in [1.29, 1.82) is 0 Å². The molecule has 0 saturated carbocycles. The standard InChI is InChI=1S/C10H10BrN/c11-9-4-5-10-8(7-9)3-1-2-6-12-10/h3-5,7H,1-2,6H2. The first-order chi connectivity index (χ1) is 5.86. The SMILES string of the molecule is Brc1ccc2c(c1)=CCCCN=2. The Labute approximate surface area is 80.0 Å². The average molecular weight is 224 g/mol. The molecule has 2 rings (SSSR count). The van der Waals surface area contributed by atoms with Gasteiger partial charge in [-0.15, -0.1) is 0 Å². The number of rotatable bonds is 0. The third kappa shape index (κ3) is 1.58. The van der Waals surface area contributed by atoms with E-state index in [2.05, 4.69) is 39.1 Å². The van der Waals surface area contributed by atoms with Crippen molar-refractivity contribution in [2.45, 2.75) is 12.8 Å². The van der Waals surface area contributed by atoms with Crippen LogP contribution < -0.4 is 10.6 Å². The summed E-state index contributed by atoms with van der Waals surface area (Å²) in [6, 6.07) is 6.24. The largest absolute Gasteiger partial charge is 0.285 e. The first kappa shape index (κ1) is 7.99. The van der Waals surface area contributed by atoms with Gasteiger partial charge in [0.05, 0.1) is 5.36 Å². The van der Waals surface area contributed by atoms with Crippen molar-refractivity contribution in [2.24, 2.45) is 4.99 Å². The van der Waals surface area contributed by atoms with Gasteiger partial charge in [-0.2, -0.15) is 0 Å². The molecule has 0 radical (unpaired) electrons. The van der Waals surface area contributed by atoms with Gasteiger partial charge in [-0.3, -0.25) is 4.99 Å². The maximum atomic E-state index is 4.48.